The average molecular weight is 382 g/mol. The normalized spacial score (nSPS) is 11.8. The number of esters is 1. The minimum atomic E-state index is -0.672. The molecule has 0 fully saturated rings. The van der Waals surface area contributed by atoms with E-state index in [-0.39, 0.29) is 11.8 Å². The van der Waals surface area contributed by atoms with Crippen molar-refractivity contribution in [3.63, 3.8) is 0 Å². The lowest BCUT2D eigenvalue weighted by Gasteiger charge is -2.21. The van der Waals surface area contributed by atoms with Crippen LogP contribution in [0, 0.1) is 0 Å². The monoisotopic (exact) mass is 381 g/mol. The first-order chi connectivity index (χ1) is 10.6. The number of hydrogen-bond donors (Lipinski definition) is 0. The first-order valence-electron chi connectivity index (χ1n) is 7.35. The van der Waals surface area contributed by atoms with Crippen molar-refractivity contribution in [3.05, 3.63) is 34.4 Å². The van der Waals surface area contributed by atoms with Crippen molar-refractivity contribution in [3.8, 4) is 0 Å². The summed E-state index contributed by atoms with van der Waals surface area (Å²) < 4.78 is 12.5. The lowest BCUT2D eigenvalue weighted by molar-refractivity contribution is 0.0339. The van der Waals surface area contributed by atoms with Gasteiger partial charge < -0.3 is 9.47 Å². The summed E-state index contributed by atoms with van der Waals surface area (Å²) in [6.07, 6.45) is -0.908. The SMILES string of the molecule is CC(C)OC(=O)c1c(Br)c2ccccc2n1C(=O)OC(C)(C)C. The van der Waals surface area contributed by atoms with Crippen LogP contribution in [0.2, 0.25) is 0 Å². The summed E-state index contributed by atoms with van der Waals surface area (Å²) in [6, 6.07) is 7.22. The van der Waals surface area contributed by atoms with E-state index in [1.165, 1.54) is 4.57 Å². The second-order valence-corrected chi connectivity index (χ2v) is 7.24. The van der Waals surface area contributed by atoms with Crippen LogP contribution in [0.4, 0.5) is 4.79 Å². The Morgan fingerprint density at radius 1 is 1.17 bits per heavy atom. The Kier molecular flexibility index (Phi) is 4.84. The number of para-hydroxylation sites is 1. The highest BCUT2D eigenvalue weighted by molar-refractivity contribution is 9.10. The van der Waals surface area contributed by atoms with E-state index in [4.69, 9.17) is 9.47 Å². The van der Waals surface area contributed by atoms with Crippen LogP contribution in [0.5, 0.6) is 0 Å². The van der Waals surface area contributed by atoms with Gasteiger partial charge in [-0.3, -0.25) is 0 Å². The van der Waals surface area contributed by atoms with E-state index in [2.05, 4.69) is 15.9 Å². The van der Waals surface area contributed by atoms with Gasteiger partial charge in [0.05, 0.1) is 16.1 Å². The lowest BCUT2D eigenvalue weighted by Crippen LogP contribution is -2.29. The van der Waals surface area contributed by atoms with Crippen molar-refractivity contribution in [2.75, 3.05) is 0 Å². The van der Waals surface area contributed by atoms with E-state index in [1.807, 2.05) is 12.1 Å². The molecule has 0 aliphatic rings. The minimum Gasteiger partial charge on any atom is -0.458 e. The van der Waals surface area contributed by atoms with Gasteiger partial charge in [0.2, 0.25) is 0 Å². The molecule has 0 spiro atoms. The molecular formula is C17H20BrNO4. The number of aromatic nitrogens is 1. The number of carbonyl (C=O) groups excluding carboxylic acids is 2. The van der Waals surface area contributed by atoms with E-state index in [0.717, 1.165) is 5.39 Å². The minimum absolute atomic E-state index is 0.133. The van der Waals surface area contributed by atoms with Gasteiger partial charge in [0.15, 0.2) is 5.69 Å². The molecule has 0 atom stereocenters. The molecule has 23 heavy (non-hydrogen) atoms. The molecule has 1 heterocycles. The van der Waals surface area contributed by atoms with Crippen LogP contribution in [0.3, 0.4) is 0 Å². The predicted octanol–water partition coefficient (Wildman–Crippen LogP) is 4.75. The Morgan fingerprint density at radius 2 is 1.78 bits per heavy atom. The van der Waals surface area contributed by atoms with Gasteiger partial charge in [0.25, 0.3) is 0 Å². The Balaban J connectivity index is 2.65. The molecule has 0 amide bonds. The Hall–Kier alpha value is -1.82. The van der Waals surface area contributed by atoms with Gasteiger partial charge >= 0.3 is 12.1 Å². The zero-order valence-electron chi connectivity index (χ0n) is 13.8. The van der Waals surface area contributed by atoms with Crippen molar-refractivity contribution in [2.24, 2.45) is 0 Å². The summed E-state index contributed by atoms with van der Waals surface area (Å²) in [5, 5.41) is 0.745. The Labute approximate surface area is 143 Å². The highest BCUT2D eigenvalue weighted by Gasteiger charge is 2.29. The van der Waals surface area contributed by atoms with Crippen molar-refractivity contribution >= 4 is 38.9 Å². The largest absolute Gasteiger partial charge is 0.458 e. The molecule has 0 N–H and O–H groups in total. The van der Waals surface area contributed by atoms with E-state index in [9.17, 15) is 9.59 Å². The summed E-state index contributed by atoms with van der Waals surface area (Å²) in [5.74, 6) is -0.575. The molecule has 0 radical (unpaired) electrons. The third kappa shape index (κ3) is 3.75. The quantitative estimate of drug-likeness (QED) is 0.704. The Morgan fingerprint density at radius 3 is 2.35 bits per heavy atom. The van der Waals surface area contributed by atoms with Crippen molar-refractivity contribution in [1.82, 2.24) is 4.57 Å². The number of rotatable bonds is 2. The van der Waals surface area contributed by atoms with Crippen molar-refractivity contribution in [2.45, 2.75) is 46.3 Å². The van der Waals surface area contributed by atoms with Crippen LogP contribution < -0.4 is 0 Å². The summed E-state index contributed by atoms with van der Waals surface area (Å²) in [4.78, 5) is 25.1. The number of nitrogens with zero attached hydrogens (tertiary/aromatic N) is 1. The van der Waals surface area contributed by atoms with Crippen LogP contribution >= 0.6 is 15.9 Å². The number of carbonyl (C=O) groups is 2. The maximum Gasteiger partial charge on any atom is 0.419 e. The zero-order valence-corrected chi connectivity index (χ0v) is 15.4. The fourth-order valence-corrected chi connectivity index (χ4v) is 2.82. The number of hydrogen-bond acceptors (Lipinski definition) is 4. The topological polar surface area (TPSA) is 57.5 Å². The second kappa shape index (κ2) is 6.35. The maximum absolute atomic E-state index is 12.6. The third-order valence-corrected chi connectivity index (χ3v) is 3.73. The first-order valence-corrected chi connectivity index (χ1v) is 8.14. The molecule has 1 aromatic heterocycles. The lowest BCUT2D eigenvalue weighted by atomic mass is 10.2. The molecule has 1 aromatic carbocycles. The predicted molar refractivity (Wildman–Crippen MR) is 91.8 cm³/mol. The van der Waals surface area contributed by atoms with E-state index < -0.39 is 17.7 Å². The maximum atomic E-state index is 12.6. The summed E-state index contributed by atoms with van der Waals surface area (Å²) in [5.41, 5.74) is 0.0484. The molecular weight excluding hydrogens is 362 g/mol. The van der Waals surface area contributed by atoms with Gasteiger partial charge in [-0.15, -0.1) is 0 Å². The highest BCUT2D eigenvalue weighted by Crippen LogP contribution is 2.32. The van der Waals surface area contributed by atoms with Gasteiger partial charge in [-0.2, -0.15) is 0 Å². The van der Waals surface area contributed by atoms with Crippen LogP contribution in [-0.2, 0) is 9.47 Å². The van der Waals surface area contributed by atoms with Gasteiger partial charge in [0, 0.05) is 5.39 Å². The number of benzene rings is 1. The molecule has 124 valence electrons. The fourth-order valence-electron chi connectivity index (χ4n) is 2.15. The standard InChI is InChI=1S/C17H20BrNO4/c1-10(2)22-15(20)14-13(18)11-8-6-7-9-12(11)19(14)16(21)23-17(3,4)5/h6-10H,1-5H3. The van der Waals surface area contributed by atoms with Crippen LogP contribution in [-0.4, -0.2) is 28.3 Å². The molecule has 0 aliphatic carbocycles. The van der Waals surface area contributed by atoms with E-state index >= 15 is 0 Å². The molecule has 6 heteroatoms. The average Bonchev–Trinajstić information content (AvgIpc) is 2.70. The molecule has 0 unspecified atom stereocenters. The smallest absolute Gasteiger partial charge is 0.419 e. The van der Waals surface area contributed by atoms with Gasteiger partial charge in [-0.1, -0.05) is 18.2 Å². The Bertz CT molecular complexity index is 756. The van der Waals surface area contributed by atoms with Gasteiger partial charge in [-0.05, 0) is 56.6 Å². The molecule has 2 rings (SSSR count). The first kappa shape index (κ1) is 17.5. The zero-order chi connectivity index (χ0) is 17.4. The van der Waals surface area contributed by atoms with E-state index in [0.29, 0.717) is 9.99 Å². The number of halogens is 1. The van der Waals surface area contributed by atoms with Crippen molar-refractivity contribution < 1.29 is 19.1 Å². The molecule has 0 bridgehead atoms. The van der Waals surface area contributed by atoms with Crippen LogP contribution in [0.1, 0.15) is 45.1 Å². The fraction of sp³-hybridized carbons (Fsp3) is 0.412. The second-order valence-electron chi connectivity index (χ2n) is 6.45. The molecule has 0 aliphatic heterocycles. The van der Waals surface area contributed by atoms with Crippen LogP contribution in [0.15, 0.2) is 28.7 Å². The molecule has 5 nitrogen and oxygen atoms in total. The summed E-state index contributed by atoms with van der Waals surface area (Å²) >= 11 is 3.41. The number of fused-ring (bicyclic) bond motifs is 1. The molecule has 0 saturated carbocycles. The van der Waals surface area contributed by atoms with Gasteiger partial charge in [0.1, 0.15) is 5.60 Å². The summed E-state index contributed by atoms with van der Waals surface area (Å²) in [7, 11) is 0. The van der Waals surface area contributed by atoms with Crippen molar-refractivity contribution in [1.29, 1.82) is 0 Å². The molecule has 2 aromatic rings. The summed E-state index contributed by atoms with van der Waals surface area (Å²) in [6.45, 7) is 8.84. The highest BCUT2D eigenvalue weighted by atomic mass is 79.9. The molecule has 0 saturated heterocycles. The van der Waals surface area contributed by atoms with Gasteiger partial charge in [-0.25, -0.2) is 14.2 Å². The third-order valence-electron chi connectivity index (χ3n) is 2.93. The van der Waals surface area contributed by atoms with E-state index in [1.54, 1.807) is 46.8 Å². The van der Waals surface area contributed by atoms with Crippen LogP contribution in [0.25, 0.3) is 10.9 Å². The number of ether oxygens (including phenoxy) is 2.